The van der Waals surface area contributed by atoms with Crippen LogP contribution in [-0.4, -0.2) is 16.2 Å². The van der Waals surface area contributed by atoms with E-state index in [-0.39, 0.29) is 11.5 Å². The molecule has 18 heavy (non-hydrogen) atoms. The second-order valence-electron chi connectivity index (χ2n) is 3.58. The molecule has 1 unspecified atom stereocenters. The highest BCUT2D eigenvalue weighted by Gasteiger charge is 2.19. The van der Waals surface area contributed by atoms with Gasteiger partial charge in [-0.1, -0.05) is 15.9 Å². The number of aliphatic hydroxyl groups excluding tert-OH is 1. The van der Waals surface area contributed by atoms with E-state index in [0.717, 1.165) is 8.04 Å². The van der Waals surface area contributed by atoms with Gasteiger partial charge in [0.05, 0.1) is 0 Å². The number of aliphatic hydroxyl groups is 1. The van der Waals surface area contributed by atoms with Crippen molar-refractivity contribution in [2.24, 2.45) is 0 Å². The Morgan fingerprint density at radius 1 is 1.33 bits per heavy atom. The van der Waals surface area contributed by atoms with Crippen molar-refractivity contribution in [1.29, 1.82) is 0 Å². The highest BCUT2D eigenvalue weighted by molar-refractivity contribution is 14.1. The van der Waals surface area contributed by atoms with Crippen LogP contribution in [0.4, 0.5) is 0 Å². The van der Waals surface area contributed by atoms with Crippen molar-refractivity contribution >= 4 is 44.5 Å². The Labute approximate surface area is 125 Å². The molecule has 1 atom stereocenters. The highest BCUT2D eigenvalue weighted by atomic mass is 127. The number of aromatic carboxylic acids is 1. The number of carbonyl (C=O) groups is 1. The number of benzene rings is 1. The zero-order chi connectivity index (χ0) is 13.3. The number of carboxylic acids is 1. The average molecular weight is 423 g/mol. The molecule has 0 amide bonds. The van der Waals surface area contributed by atoms with Crippen LogP contribution in [0, 0.1) is 3.57 Å². The van der Waals surface area contributed by atoms with Crippen LogP contribution < -0.4 is 0 Å². The van der Waals surface area contributed by atoms with Gasteiger partial charge in [-0.15, -0.1) is 0 Å². The number of hydrogen-bond donors (Lipinski definition) is 2. The lowest BCUT2D eigenvalue weighted by molar-refractivity contribution is 0.0655. The van der Waals surface area contributed by atoms with Crippen LogP contribution >= 0.6 is 38.5 Å². The first kappa shape index (κ1) is 13.6. The Bertz CT molecular complexity index is 594. The number of rotatable bonds is 3. The van der Waals surface area contributed by atoms with Crippen molar-refractivity contribution in [2.45, 2.75) is 6.10 Å². The van der Waals surface area contributed by atoms with Gasteiger partial charge in [-0.3, -0.25) is 0 Å². The minimum Gasteiger partial charge on any atom is -0.475 e. The van der Waals surface area contributed by atoms with E-state index in [9.17, 15) is 9.90 Å². The lowest BCUT2D eigenvalue weighted by Crippen LogP contribution is -2.00. The van der Waals surface area contributed by atoms with Gasteiger partial charge in [0.15, 0.2) is 0 Å². The molecule has 94 valence electrons. The molecular weight excluding hydrogens is 415 g/mol. The topological polar surface area (TPSA) is 70.7 Å². The van der Waals surface area contributed by atoms with Gasteiger partial charge in [0.2, 0.25) is 5.76 Å². The molecule has 0 bridgehead atoms. The van der Waals surface area contributed by atoms with Crippen LogP contribution in [0.1, 0.15) is 28.0 Å². The van der Waals surface area contributed by atoms with E-state index in [1.54, 1.807) is 6.07 Å². The Kier molecular flexibility index (Phi) is 4.08. The molecule has 2 rings (SSSR count). The second-order valence-corrected chi connectivity index (χ2v) is 5.68. The maximum absolute atomic E-state index is 10.7. The quantitative estimate of drug-likeness (QED) is 0.743. The van der Waals surface area contributed by atoms with E-state index in [1.807, 2.05) is 12.1 Å². The van der Waals surface area contributed by atoms with E-state index in [1.165, 1.54) is 12.1 Å². The minimum atomic E-state index is -1.16. The van der Waals surface area contributed by atoms with Gasteiger partial charge in [-0.25, -0.2) is 4.79 Å². The fourth-order valence-corrected chi connectivity index (χ4v) is 2.47. The van der Waals surface area contributed by atoms with Crippen molar-refractivity contribution in [2.75, 3.05) is 0 Å². The van der Waals surface area contributed by atoms with Crippen LogP contribution in [0.25, 0.3) is 0 Å². The average Bonchev–Trinajstić information content (AvgIpc) is 2.81. The molecule has 0 aliphatic heterocycles. The van der Waals surface area contributed by atoms with Crippen molar-refractivity contribution in [3.8, 4) is 0 Å². The zero-order valence-electron chi connectivity index (χ0n) is 8.93. The van der Waals surface area contributed by atoms with Gasteiger partial charge in [0.1, 0.15) is 11.9 Å². The summed E-state index contributed by atoms with van der Waals surface area (Å²) in [6.07, 6.45) is -0.998. The number of carboxylic acid groups (broad SMARTS) is 1. The van der Waals surface area contributed by atoms with Gasteiger partial charge in [-0.05, 0) is 52.9 Å². The maximum Gasteiger partial charge on any atom is 0.371 e. The predicted molar refractivity (Wildman–Crippen MR) is 76.6 cm³/mol. The van der Waals surface area contributed by atoms with E-state index < -0.39 is 12.1 Å². The number of furan rings is 1. The predicted octanol–water partition coefficient (Wildman–Crippen LogP) is 3.43. The fraction of sp³-hybridized carbons (Fsp3) is 0.0833. The zero-order valence-corrected chi connectivity index (χ0v) is 12.7. The smallest absolute Gasteiger partial charge is 0.371 e. The third-order valence-electron chi connectivity index (χ3n) is 2.36. The Balaban J connectivity index is 2.37. The highest BCUT2D eigenvalue weighted by Crippen LogP contribution is 2.30. The lowest BCUT2D eigenvalue weighted by atomic mass is 10.1. The maximum atomic E-state index is 10.7. The van der Waals surface area contributed by atoms with Gasteiger partial charge >= 0.3 is 5.97 Å². The van der Waals surface area contributed by atoms with Crippen LogP contribution in [-0.2, 0) is 0 Å². The molecule has 4 nitrogen and oxygen atoms in total. The fourth-order valence-electron chi connectivity index (χ4n) is 1.49. The van der Waals surface area contributed by atoms with Crippen molar-refractivity contribution in [1.82, 2.24) is 0 Å². The molecule has 2 aromatic rings. The summed E-state index contributed by atoms with van der Waals surface area (Å²) in [6, 6.07) is 8.30. The van der Waals surface area contributed by atoms with E-state index in [0.29, 0.717) is 5.56 Å². The van der Waals surface area contributed by atoms with E-state index in [4.69, 9.17) is 9.52 Å². The standard InChI is InChI=1S/C12H8BrIO4/c13-8-2-1-6(14)5-7(8)11(15)9-3-4-10(18-9)12(16)17/h1-5,11,15H,(H,16,17). The SMILES string of the molecule is O=C(O)c1ccc(C(O)c2cc(I)ccc2Br)o1. The first-order chi connectivity index (χ1) is 8.49. The molecule has 0 aliphatic rings. The normalized spacial score (nSPS) is 12.4. The third-order valence-corrected chi connectivity index (χ3v) is 3.75. The molecule has 1 aromatic heterocycles. The lowest BCUT2D eigenvalue weighted by Gasteiger charge is -2.10. The summed E-state index contributed by atoms with van der Waals surface area (Å²) in [4.78, 5) is 10.7. The molecular formula is C12H8BrIO4. The number of halogens is 2. The Morgan fingerprint density at radius 3 is 2.67 bits per heavy atom. The summed E-state index contributed by atoms with van der Waals surface area (Å²) in [7, 11) is 0. The van der Waals surface area contributed by atoms with Crippen molar-refractivity contribution in [3.63, 3.8) is 0 Å². The third kappa shape index (κ3) is 2.76. The largest absolute Gasteiger partial charge is 0.475 e. The summed E-state index contributed by atoms with van der Waals surface area (Å²) in [5.74, 6) is -1.14. The van der Waals surface area contributed by atoms with Crippen molar-refractivity contribution in [3.05, 3.63) is 55.5 Å². The van der Waals surface area contributed by atoms with Gasteiger partial charge < -0.3 is 14.6 Å². The first-order valence-corrected chi connectivity index (χ1v) is 6.82. The first-order valence-electron chi connectivity index (χ1n) is 4.95. The summed E-state index contributed by atoms with van der Waals surface area (Å²) >= 11 is 5.48. The molecule has 0 radical (unpaired) electrons. The molecule has 0 saturated carbocycles. The van der Waals surface area contributed by atoms with Crippen LogP contribution in [0.3, 0.4) is 0 Å². The summed E-state index contributed by atoms with van der Waals surface area (Å²) in [6.45, 7) is 0. The molecule has 0 spiro atoms. The van der Waals surface area contributed by atoms with Gasteiger partial charge in [0.25, 0.3) is 0 Å². The Hall–Kier alpha value is -0.860. The molecule has 6 heteroatoms. The molecule has 0 aliphatic carbocycles. The van der Waals surface area contributed by atoms with Crippen LogP contribution in [0.2, 0.25) is 0 Å². The minimum absolute atomic E-state index is 0.189. The summed E-state index contributed by atoms with van der Waals surface area (Å²) < 4.78 is 6.79. The van der Waals surface area contributed by atoms with Crippen LogP contribution in [0.5, 0.6) is 0 Å². The molecule has 1 heterocycles. The van der Waals surface area contributed by atoms with Crippen LogP contribution in [0.15, 0.2) is 39.2 Å². The van der Waals surface area contributed by atoms with E-state index in [2.05, 4.69) is 38.5 Å². The number of hydrogen-bond acceptors (Lipinski definition) is 3. The monoisotopic (exact) mass is 422 g/mol. The molecule has 0 fully saturated rings. The van der Waals surface area contributed by atoms with Gasteiger partial charge in [-0.2, -0.15) is 0 Å². The molecule has 2 N–H and O–H groups in total. The Morgan fingerprint density at radius 2 is 2.06 bits per heavy atom. The van der Waals surface area contributed by atoms with Gasteiger partial charge in [0, 0.05) is 13.6 Å². The summed E-state index contributed by atoms with van der Waals surface area (Å²) in [5.41, 5.74) is 0.633. The summed E-state index contributed by atoms with van der Waals surface area (Å²) in [5, 5.41) is 18.9. The second kappa shape index (κ2) is 5.41. The molecule has 0 saturated heterocycles. The molecule has 1 aromatic carbocycles. The van der Waals surface area contributed by atoms with E-state index >= 15 is 0 Å². The van der Waals surface area contributed by atoms with Crippen molar-refractivity contribution < 1.29 is 19.4 Å².